The fourth-order valence-corrected chi connectivity index (χ4v) is 5.57. The number of rotatable bonds is 3. The van der Waals surface area contributed by atoms with E-state index in [-0.39, 0.29) is 10.8 Å². The Hall–Kier alpha value is -2.38. The molecule has 0 bridgehead atoms. The highest BCUT2D eigenvalue weighted by Crippen LogP contribution is 2.38. The molecule has 1 fully saturated rings. The van der Waals surface area contributed by atoms with Gasteiger partial charge in [0.1, 0.15) is 4.90 Å². The minimum absolute atomic E-state index is 0.167. The lowest BCUT2D eigenvalue weighted by molar-refractivity contribution is 0.0685. The van der Waals surface area contributed by atoms with Crippen molar-refractivity contribution in [3.63, 3.8) is 0 Å². The highest BCUT2D eigenvalue weighted by Gasteiger charge is 2.43. The van der Waals surface area contributed by atoms with Gasteiger partial charge in [-0.05, 0) is 68.0 Å². The number of benzene rings is 2. The number of para-hydroxylation sites is 1. The maximum Gasteiger partial charge on any atom is 0.343 e. The molecule has 0 saturated carbocycles. The zero-order valence-corrected chi connectivity index (χ0v) is 16.9. The Balaban J connectivity index is 1.82. The molecule has 2 aromatic rings. The Labute approximate surface area is 165 Å². The third kappa shape index (κ3) is 3.29. The molecule has 2 aliphatic rings. The summed E-state index contributed by atoms with van der Waals surface area (Å²) in [6.45, 7) is 5.62. The zero-order chi connectivity index (χ0) is 19.9. The van der Waals surface area contributed by atoms with Crippen molar-refractivity contribution in [2.24, 2.45) is 5.92 Å². The van der Waals surface area contributed by atoms with Gasteiger partial charge in [0, 0.05) is 19.8 Å². The predicted octanol–water partition coefficient (Wildman–Crippen LogP) is 3.87. The smallest absolute Gasteiger partial charge is 0.343 e. The van der Waals surface area contributed by atoms with Crippen LogP contribution in [0.5, 0.6) is 0 Å². The van der Waals surface area contributed by atoms with Crippen LogP contribution in [0.15, 0.2) is 47.4 Å². The summed E-state index contributed by atoms with van der Waals surface area (Å²) in [7, 11) is -3.97. The minimum Gasteiger partial charge on any atom is -0.381 e. The summed E-state index contributed by atoms with van der Waals surface area (Å²) in [6, 6.07) is 11.7. The highest BCUT2D eigenvalue weighted by atomic mass is 32.2. The average Bonchev–Trinajstić information content (AvgIpc) is 2.65. The molecule has 0 radical (unpaired) electrons. The number of nitrogens with zero attached hydrogens (tertiary/aromatic N) is 2. The summed E-state index contributed by atoms with van der Waals surface area (Å²) in [5.74, 6) is 0.285. The molecule has 0 N–H and O–H groups in total. The van der Waals surface area contributed by atoms with Gasteiger partial charge in [-0.15, -0.1) is 0 Å². The van der Waals surface area contributed by atoms with E-state index in [0.29, 0.717) is 31.1 Å². The quantitative estimate of drug-likeness (QED) is 0.785. The largest absolute Gasteiger partial charge is 0.381 e. The van der Waals surface area contributed by atoms with Gasteiger partial charge in [-0.3, -0.25) is 4.90 Å². The van der Waals surface area contributed by atoms with E-state index >= 15 is 0 Å². The first-order valence-electron chi connectivity index (χ1n) is 9.50. The van der Waals surface area contributed by atoms with E-state index in [2.05, 4.69) is 0 Å². The summed E-state index contributed by atoms with van der Waals surface area (Å²) >= 11 is 0. The number of anilines is 2. The summed E-state index contributed by atoms with van der Waals surface area (Å²) < 4.78 is 33.0. The minimum atomic E-state index is -3.97. The molecule has 148 valence electrons. The van der Waals surface area contributed by atoms with Gasteiger partial charge < -0.3 is 4.74 Å². The molecular weight excluding hydrogens is 376 g/mol. The van der Waals surface area contributed by atoms with Gasteiger partial charge in [0.2, 0.25) is 0 Å². The summed E-state index contributed by atoms with van der Waals surface area (Å²) in [5, 5.41) is 0. The van der Waals surface area contributed by atoms with Crippen LogP contribution >= 0.6 is 0 Å². The van der Waals surface area contributed by atoms with E-state index < -0.39 is 16.1 Å². The van der Waals surface area contributed by atoms with Crippen molar-refractivity contribution < 1.29 is 17.9 Å². The molecule has 2 heterocycles. The maximum absolute atomic E-state index is 13.4. The number of amides is 2. The Kier molecular flexibility index (Phi) is 4.89. The number of urea groups is 1. The van der Waals surface area contributed by atoms with Crippen LogP contribution in [0.1, 0.15) is 24.0 Å². The second-order valence-corrected chi connectivity index (χ2v) is 9.29. The molecule has 4 rings (SSSR count). The lowest BCUT2D eigenvalue weighted by Gasteiger charge is -2.38. The Bertz CT molecular complexity index is 993. The number of hydrogen-bond acceptors (Lipinski definition) is 4. The predicted molar refractivity (Wildman–Crippen MR) is 108 cm³/mol. The molecule has 28 heavy (non-hydrogen) atoms. The molecule has 0 aliphatic carbocycles. The molecule has 2 aliphatic heterocycles. The highest BCUT2D eigenvalue weighted by molar-refractivity contribution is 7.94. The van der Waals surface area contributed by atoms with Gasteiger partial charge in [0.05, 0.1) is 11.4 Å². The second-order valence-electron chi connectivity index (χ2n) is 7.53. The summed E-state index contributed by atoms with van der Waals surface area (Å²) in [6.07, 6.45) is 1.73. The van der Waals surface area contributed by atoms with Crippen molar-refractivity contribution >= 4 is 27.4 Å². The molecule has 2 aromatic carbocycles. The van der Waals surface area contributed by atoms with Crippen LogP contribution in [0, 0.1) is 19.8 Å². The van der Waals surface area contributed by atoms with E-state index in [9.17, 15) is 13.2 Å². The zero-order valence-electron chi connectivity index (χ0n) is 16.1. The molecule has 2 amide bonds. The van der Waals surface area contributed by atoms with E-state index in [0.717, 1.165) is 28.3 Å². The topological polar surface area (TPSA) is 66.9 Å². The molecule has 0 unspecified atom stereocenters. The van der Waals surface area contributed by atoms with Crippen LogP contribution < -0.4 is 9.21 Å². The second kappa shape index (κ2) is 7.22. The normalized spacial score (nSPS) is 19.6. The Morgan fingerprint density at radius 3 is 2.36 bits per heavy atom. The van der Waals surface area contributed by atoms with E-state index in [4.69, 9.17) is 4.74 Å². The first-order valence-corrected chi connectivity index (χ1v) is 10.9. The standard InChI is InChI=1S/C21H24N2O4S/c1-15-11-16(2)13-18(12-15)23-21(24)22(14-17-7-9-27-10-8-17)19-5-3-4-6-20(19)28(23,25)26/h3-6,11-13,17H,7-10,14H2,1-2H3. The van der Waals surface area contributed by atoms with Gasteiger partial charge in [-0.2, -0.15) is 4.31 Å². The van der Waals surface area contributed by atoms with Crippen LogP contribution in [-0.4, -0.2) is 34.2 Å². The number of fused-ring (bicyclic) bond motifs is 1. The molecule has 0 atom stereocenters. The number of aryl methyl sites for hydroxylation is 2. The third-order valence-electron chi connectivity index (χ3n) is 5.30. The van der Waals surface area contributed by atoms with E-state index in [1.807, 2.05) is 19.9 Å². The van der Waals surface area contributed by atoms with Crippen molar-refractivity contribution in [1.29, 1.82) is 0 Å². The lowest BCUT2D eigenvalue weighted by Crippen LogP contribution is -2.52. The SMILES string of the molecule is Cc1cc(C)cc(N2C(=O)N(CC3CCOCC3)c3ccccc3S2(=O)=O)c1. The third-order valence-corrected chi connectivity index (χ3v) is 7.05. The van der Waals surface area contributed by atoms with Crippen molar-refractivity contribution in [3.05, 3.63) is 53.6 Å². The first kappa shape index (κ1) is 19.0. The molecule has 7 heteroatoms. The maximum atomic E-state index is 13.4. The van der Waals surface area contributed by atoms with Crippen LogP contribution in [0.2, 0.25) is 0 Å². The molecular formula is C21H24N2O4S. The van der Waals surface area contributed by atoms with Crippen LogP contribution in [0.4, 0.5) is 16.2 Å². The number of hydrogen-bond donors (Lipinski definition) is 0. The van der Waals surface area contributed by atoms with Crippen LogP contribution in [0.25, 0.3) is 0 Å². The average molecular weight is 401 g/mol. The van der Waals surface area contributed by atoms with Gasteiger partial charge in [-0.1, -0.05) is 18.2 Å². The molecule has 6 nitrogen and oxygen atoms in total. The summed E-state index contributed by atoms with van der Waals surface area (Å²) in [5.41, 5.74) is 2.66. The van der Waals surface area contributed by atoms with Crippen molar-refractivity contribution in [2.75, 3.05) is 29.0 Å². The first-order chi connectivity index (χ1) is 13.4. The number of carbonyl (C=O) groups is 1. The monoisotopic (exact) mass is 400 g/mol. The van der Waals surface area contributed by atoms with E-state index in [1.54, 1.807) is 41.3 Å². The summed E-state index contributed by atoms with van der Waals surface area (Å²) in [4.78, 5) is 15.2. The van der Waals surface area contributed by atoms with Gasteiger partial charge in [0.25, 0.3) is 10.0 Å². The van der Waals surface area contributed by atoms with Crippen molar-refractivity contribution in [1.82, 2.24) is 0 Å². The van der Waals surface area contributed by atoms with Crippen molar-refractivity contribution in [3.8, 4) is 0 Å². The number of carbonyl (C=O) groups excluding carboxylic acids is 1. The van der Waals surface area contributed by atoms with Gasteiger partial charge >= 0.3 is 6.03 Å². The van der Waals surface area contributed by atoms with Gasteiger partial charge in [0.15, 0.2) is 0 Å². The number of sulfonamides is 1. The molecule has 1 saturated heterocycles. The Morgan fingerprint density at radius 1 is 1.04 bits per heavy atom. The van der Waals surface area contributed by atoms with Gasteiger partial charge in [-0.25, -0.2) is 13.2 Å². The lowest BCUT2D eigenvalue weighted by atomic mass is 9.99. The van der Waals surface area contributed by atoms with Crippen LogP contribution in [-0.2, 0) is 14.8 Å². The Morgan fingerprint density at radius 2 is 1.68 bits per heavy atom. The molecule has 0 aromatic heterocycles. The number of ether oxygens (including phenoxy) is 1. The van der Waals surface area contributed by atoms with Crippen molar-refractivity contribution in [2.45, 2.75) is 31.6 Å². The van der Waals surface area contributed by atoms with E-state index in [1.165, 1.54) is 0 Å². The van der Waals surface area contributed by atoms with Crippen LogP contribution in [0.3, 0.4) is 0 Å². The fourth-order valence-electron chi connectivity index (χ4n) is 3.99. The molecule has 0 spiro atoms. The fraction of sp³-hybridized carbons (Fsp3) is 0.381.